The molecule has 1 fully saturated rings. The molecule has 0 aromatic heterocycles. The van der Waals surface area contributed by atoms with Gasteiger partial charge in [-0.2, -0.15) is 0 Å². The maximum atomic E-state index is 12.7. The summed E-state index contributed by atoms with van der Waals surface area (Å²) in [6, 6.07) is 3.89. The minimum absolute atomic E-state index is 0. The molecule has 0 radical (unpaired) electrons. The van der Waals surface area contributed by atoms with Gasteiger partial charge in [-0.3, -0.25) is 4.79 Å². The third kappa shape index (κ3) is 4.29. The Kier molecular flexibility index (Phi) is 7.70. The second-order valence-electron chi connectivity index (χ2n) is 6.04. The molecule has 1 aromatic rings. The van der Waals surface area contributed by atoms with Crippen molar-refractivity contribution >= 4 is 30.1 Å². The lowest BCUT2D eigenvalue weighted by Crippen LogP contribution is -2.52. The van der Waals surface area contributed by atoms with Crippen molar-refractivity contribution in [1.29, 1.82) is 0 Å². The van der Waals surface area contributed by atoms with Crippen molar-refractivity contribution < 1.29 is 14.3 Å². The average molecular weight is 375 g/mol. The SMILES string of the molecule is COc1cc(CN(C)C(=O)C2(N)CCCC2)c(SC)cc1OC.Cl. The summed E-state index contributed by atoms with van der Waals surface area (Å²) in [5, 5.41) is 0. The van der Waals surface area contributed by atoms with Gasteiger partial charge in [0.25, 0.3) is 0 Å². The van der Waals surface area contributed by atoms with Crippen molar-refractivity contribution in [3.63, 3.8) is 0 Å². The van der Waals surface area contributed by atoms with Crippen molar-refractivity contribution in [2.24, 2.45) is 5.73 Å². The Morgan fingerprint density at radius 3 is 2.29 bits per heavy atom. The fourth-order valence-corrected chi connectivity index (χ4v) is 3.75. The monoisotopic (exact) mass is 374 g/mol. The largest absolute Gasteiger partial charge is 0.493 e. The Morgan fingerprint density at radius 2 is 1.79 bits per heavy atom. The van der Waals surface area contributed by atoms with E-state index < -0.39 is 5.54 Å². The predicted molar refractivity (Wildman–Crippen MR) is 100 cm³/mol. The van der Waals surface area contributed by atoms with Crippen molar-refractivity contribution in [2.75, 3.05) is 27.5 Å². The number of amides is 1. The highest BCUT2D eigenvalue weighted by Crippen LogP contribution is 2.36. The molecule has 2 N–H and O–H groups in total. The van der Waals surface area contributed by atoms with Crippen LogP contribution in [0.2, 0.25) is 0 Å². The number of nitrogens with two attached hydrogens (primary N) is 1. The van der Waals surface area contributed by atoms with Crippen LogP contribution < -0.4 is 15.2 Å². The highest BCUT2D eigenvalue weighted by molar-refractivity contribution is 7.98. The van der Waals surface area contributed by atoms with E-state index in [2.05, 4.69) is 0 Å². The summed E-state index contributed by atoms with van der Waals surface area (Å²) in [6.45, 7) is 0.508. The molecule has 0 saturated heterocycles. The number of halogens is 1. The molecule has 0 heterocycles. The number of methoxy groups -OCH3 is 2. The van der Waals surface area contributed by atoms with E-state index in [9.17, 15) is 4.79 Å². The number of carbonyl (C=O) groups excluding carboxylic acids is 1. The molecule has 0 aliphatic heterocycles. The second kappa shape index (κ2) is 8.83. The maximum Gasteiger partial charge on any atom is 0.242 e. The van der Waals surface area contributed by atoms with Crippen LogP contribution in [0.1, 0.15) is 31.2 Å². The van der Waals surface area contributed by atoms with Crippen LogP contribution in [0.4, 0.5) is 0 Å². The molecule has 0 unspecified atom stereocenters. The van der Waals surface area contributed by atoms with Gasteiger partial charge < -0.3 is 20.1 Å². The number of thioether (sulfide) groups is 1. The number of nitrogens with zero attached hydrogens (tertiary/aromatic N) is 1. The Bertz CT molecular complexity index is 577. The summed E-state index contributed by atoms with van der Waals surface area (Å²) in [5.41, 5.74) is 6.63. The fourth-order valence-electron chi connectivity index (χ4n) is 3.14. The number of carbonyl (C=O) groups is 1. The molecule has 136 valence electrons. The predicted octanol–water partition coefficient (Wildman–Crippen LogP) is 3.08. The Labute approximate surface area is 154 Å². The number of likely N-dealkylation sites (N-methyl/N-ethyl adjacent to an activating group) is 1. The fraction of sp³-hybridized carbons (Fsp3) is 0.588. The van der Waals surface area contributed by atoms with Gasteiger partial charge in [0, 0.05) is 18.5 Å². The maximum absolute atomic E-state index is 12.7. The van der Waals surface area contributed by atoms with E-state index >= 15 is 0 Å². The van der Waals surface area contributed by atoms with E-state index in [1.807, 2.05) is 25.4 Å². The van der Waals surface area contributed by atoms with E-state index in [1.54, 1.807) is 30.9 Å². The molecule has 2 rings (SSSR count). The Hall–Kier alpha value is -1.11. The minimum Gasteiger partial charge on any atom is -0.493 e. The van der Waals surface area contributed by atoms with E-state index in [0.29, 0.717) is 18.0 Å². The number of benzene rings is 1. The van der Waals surface area contributed by atoms with Crippen LogP contribution in [-0.4, -0.2) is 43.9 Å². The van der Waals surface area contributed by atoms with Gasteiger partial charge in [-0.15, -0.1) is 24.2 Å². The highest BCUT2D eigenvalue weighted by atomic mass is 35.5. The first-order valence-corrected chi connectivity index (χ1v) is 9.01. The highest BCUT2D eigenvalue weighted by Gasteiger charge is 2.38. The van der Waals surface area contributed by atoms with Gasteiger partial charge in [0.15, 0.2) is 11.5 Å². The van der Waals surface area contributed by atoms with Crippen molar-refractivity contribution in [3.05, 3.63) is 17.7 Å². The van der Waals surface area contributed by atoms with Crippen LogP contribution in [0.3, 0.4) is 0 Å². The molecule has 1 saturated carbocycles. The van der Waals surface area contributed by atoms with E-state index in [0.717, 1.165) is 36.1 Å². The third-order valence-corrected chi connectivity index (χ3v) is 5.28. The van der Waals surface area contributed by atoms with Gasteiger partial charge in [-0.25, -0.2) is 0 Å². The smallest absolute Gasteiger partial charge is 0.242 e. The summed E-state index contributed by atoms with van der Waals surface area (Å²) >= 11 is 1.62. The topological polar surface area (TPSA) is 64.8 Å². The zero-order valence-electron chi connectivity index (χ0n) is 14.8. The van der Waals surface area contributed by atoms with Crippen LogP contribution in [0, 0.1) is 0 Å². The zero-order valence-corrected chi connectivity index (χ0v) is 16.4. The van der Waals surface area contributed by atoms with E-state index in [-0.39, 0.29) is 18.3 Å². The normalized spacial score (nSPS) is 15.5. The van der Waals surface area contributed by atoms with Gasteiger partial charge in [0.05, 0.1) is 19.8 Å². The number of rotatable bonds is 6. The summed E-state index contributed by atoms with van der Waals surface area (Å²) < 4.78 is 10.7. The molecular formula is C17H27ClN2O3S. The lowest BCUT2D eigenvalue weighted by atomic mass is 9.97. The lowest BCUT2D eigenvalue weighted by molar-refractivity contribution is -0.136. The van der Waals surface area contributed by atoms with Crippen molar-refractivity contribution in [2.45, 2.75) is 42.7 Å². The molecule has 1 amide bonds. The molecule has 1 aromatic carbocycles. The first-order valence-electron chi connectivity index (χ1n) is 7.78. The zero-order chi connectivity index (χ0) is 17.0. The minimum atomic E-state index is -0.690. The standard InChI is InChI=1S/C17H26N2O3S.ClH/c1-19(16(20)17(18)7-5-6-8-17)11-12-9-13(21-2)14(22-3)10-15(12)23-4;/h9-10H,5-8,11,18H2,1-4H3;1H. The number of hydrogen-bond acceptors (Lipinski definition) is 5. The quantitative estimate of drug-likeness (QED) is 0.775. The summed E-state index contributed by atoms with van der Waals surface area (Å²) in [6.07, 6.45) is 5.62. The van der Waals surface area contributed by atoms with Gasteiger partial charge >= 0.3 is 0 Å². The van der Waals surface area contributed by atoms with Crippen LogP contribution >= 0.6 is 24.2 Å². The molecule has 1 aliphatic carbocycles. The lowest BCUT2D eigenvalue weighted by Gasteiger charge is -2.29. The Balaban J connectivity index is 0.00000288. The summed E-state index contributed by atoms with van der Waals surface area (Å²) in [4.78, 5) is 15.5. The van der Waals surface area contributed by atoms with Crippen LogP contribution in [0.15, 0.2) is 17.0 Å². The molecule has 5 nitrogen and oxygen atoms in total. The molecular weight excluding hydrogens is 348 g/mol. The molecule has 0 atom stereocenters. The number of hydrogen-bond donors (Lipinski definition) is 1. The van der Waals surface area contributed by atoms with Gasteiger partial charge in [-0.1, -0.05) is 12.8 Å². The molecule has 0 spiro atoms. The van der Waals surface area contributed by atoms with E-state index in [1.165, 1.54) is 0 Å². The molecule has 24 heavy (non-hydrogen) atoms. The average Bonchev–Trinajstić information content (AvgIpc) is 3.01. The van der Waals surface area contributed by atoms with Crippen molar-refractivity contribution in [1.82, 2.24) is 4.90 Å². The van der Waals surface area contributed by atoms with Crippen LogP contribution in [0.5, 0.6) is 11.5 Å². The molecule has 7 heteroatoms. The second-order valence-corrected chi connectivity index (χ2v) is 6.89. The van der Waals surface area contributed by atoms with Gasteiger partial charge in [0.1, 0.15) is 0 Å². The molecule has 1 aliphatic rings. The summed E-state index contributed by atoms with van der Waals surface area (Å²) in [5.74, 6) is 1.39. The molecule has 0 bridgehead atoms. The van der Waals surface area contributed by atoms with E-state index in [4.69, 9.17) is 15.2 Å². The number of ether oxygens (including phenoxy) is 2. The van der Waals surface area contributed by atoms with Gasteiger partial charge in [-0.05, 0) is 36.8 Å². The Morgan fingerprint density at radius 1 is 1.25 bits per heavy atom. The summed E-state index contributed by atoms with van der Waals surface area (Å²) in [7, 11) is 5.05. The third-order valence-electron chi connectivity index (χ3n) is 4.46. The van der Waals surface area contributed by atoms with Crippen molar-refractivity contribution in [3.8, 4) is 11.5 Å². The first kappa shape index (κ1) is 20.9. The van der Waals surface area contributed by atoms with Crippen LogP contribution in [0.25, 0.3) is 0 Å². The van der Waals surface area contributed by atoms with Crippen LogP contribution in [-0.2, 0) is 11.3 Å². The van der Waals surface area contributed by atoms with Gasteiger partial charge in [0.2, 0.25) is 5.91 Å². The first-order chi connectivity index (χ1) is 10.9.